The largest absolute Gasteiger partial charge is 0.573 e. The molecule has 1 N–H and O–H groups in total. The first kappa shape index (κ1) is 24.8. The Morgan fingerprint density at radius 2 is 1.64 bits per heavy atom. The molecular weight excluding hydrogens is 462 g/mol. The molecule has 2 amide bonds. The molecule has 1 fully saturated rings. The molecule has 0 spiro atoms. The van der Waals surface area contributed by atoms with Crippen LogP contribution in [0.5, 0.6) is 5.75 Å². The van der Waals surface area contributed by atoms with Gasteiger partial charge >= 0.3 is 6.36 Å². The number of para-hydroxylation sites is 1. The minimum absolute atomic E-state index is 0.0358. The van der Waals surface area contributed by atoms with Gasteiger partial charge in [-0.3, -0.25) is 14.5 Å². The van der Waals surface area contributed by atoms with Crippen LogP contribution < -0.4 is 10.1 Å². The molecule has 1 aliphatic rings. The summed E-state index contributed by atoms with van der Waals surface area (Å²) in [4.78, 5) is 28.2. The van der Waals surface area contributed by atoms with E-state index < -0.39 is 12.2 Å². The Bertz CT molecular complexity index is 949. The molecule has 1 heterocycles. The molecule has 0 saturated carbocycles. The average Bonchev–Trinajstić information content (AvgIpc) is 2.76. The Labute approximate surface area is 192 Å². The van der Waals surface area contributed by atoms with Crippen molar-refractivity contribution in [3.63, 3.8) is 0 Å². The number of carbonyl (C=O) groups is 2. The summed E-state index contributed by atoms with van der Waals surface area (Å²) in [6.07, 6.45) is -4.72. The van der Waals surface area contributed by atoms with Gasteiger partial charge in [-0.2, -0.15) is 0 Å². The van der Waals surface area contributed by atoms with Crippen LogP contribution >= 0.6 is 11.8 Å². The third kappa shape index (κ3) is 8.25. The van der Waals surface area contributed by atoms with Crippen molar-refractivity contribution in [3.8, 4) is 5.75 Å². The second-order valence-corrected chi connectivity index (χ2v) is 8.36. The van der Waals surface area contributed by atoms with Gasteiger partial charge in [0.25, 0.3) is 0 Å². The fourth-order valence-corrected chi connectivity index (χ4v) is 4.00. The highest BCUT2D eigenvalue weighted by atomic mass is 32.2. The van der Waals surface area contributed by atoms with Crippen LogP contribution in [0, 0.1) is 5.82 Å². The lowest BCUT2D eigenvalue weighted by molar-refractivity contribution is -0.274. The molecule has 3 rings (SSSR count). The van der Waals surface area contributed by atoms with Crippen LogP contribution in [-0.4, -0.2) is 65.7 Å². The summed E-state index contributed by atoms with van der Waals surface area (Å²) in [5, 5.41) is 2.48. The highest BCUT2D eigenvalue weighted by Crippen LogP contribution is 2.23. The maximum absolute atomic E-state index is 13.6. The maximum Gasteiger partial charge on any atom is 0.573 e. The molecule has 33 heavy (non-hydrogen) atoms. The first-order valence-electron chi connectivity index (χ1n) is 10.2. The second-order valence-electron chi connectivity index (χ2n) is 7.37. The van der Waals surface area contributed by atoms with E-state index in [0.717, 1.165) is 5.56 Å². The zero-order chi connectivity index (χ0) is 23.8. The number of amides is 2. The highest BCUT2D eigenvalue weighted by molar-refractivity contribution is 8.00. The number of hydrogen-bond acceptors (Lipinski definition) is 5. The molecule has 0 aliphatic carbocycles. The molecule has 11 heteroatoms. The number of thioether (sulfide) groups is 1. The lowest BCUT2D eigenvalue weighted by Crippen LogP contribution is -2.48. The van der Waals surface area contributed by atoms with E-state index in [1.54, 1.807) is 23.1 Å². The summed E-state index contributed by atoms with van der Waals surface area (Å²) in [6.45, 7) is 2.86. The third-order valence-electron chi connectivity index (χ3n) is 4.89. The van der Waals surface area contributed by atoms with Crippen molar-refractivity contribution in [2.75, 3.05) is 43.0 Å². The molecule has 0 radical (unpaired) electrons. The van der Waals surface area contributed by atoms with Crippen LogP contribution in [-0.2, 0) is 16.1 Å². The van der Waals surface area contributed by atoms with Gasteiger partial charge in [0.1, 0.15) is 11.6 Å². The normalized spacial score (nSPS) is 14.7. The number of alkyl halides is 3. The van der Waals surface area contributed by atoms with E-state index in [0.29, 0.717) is 32.7 Å². The van der Waals surface area contributed by atoms with Crippen molar-refractivity contribution in [3.05, 3.63) is 59.9 Å². The fraction of sp³-hybridized carbons (Fsp3) is 0.364. The average molecular weight is 486 g/mol. The summed E-state index contributed by atoms with van der Waals surface area (Å²) >= 11 is 1.17. The van der Waals surface area contributed by atoms with Gasteiger partial charge in [0.05, 0.1) is 17.2 Å². The number of hydrogen-bond donors (Lipinski definition) is 1. The molecule has 0 bridgehead atoms. The zero-order valence-electron chi connectivity index (χ0n) is 17.6. The first-order chi connectivity index (χ1) is 15.7. The summed E-state index contributed by atoms with van der Waals surface area (Å²) < 4.78 is 54.1. The number of rotatable bonds is 8. The quantitative estimate of drug-likeness (QED) is 0.578. The monoisotopic (exact) mass is 485 g/mol. The second kappa shape index (κ2) is 11.4. The van der Waals surface area contributed by atoms with Crippen molar-refractivity contribution in [2.45, 2.75) is 12.9 Å². The van der Waals surface area contributed by atoms with Gasteiger partial charge in [-0.05, 0) is 29.8 Å². The molecule has 6 nitrogen and oxygen atoms in total. The molecule has 1 aliphatic heterocycles. The molecular formula is C22H23F4N3O3S. The van der Waals surface area contributed by atoms with Crippen LogP contribution in [0.3, 0.4) is 0 Å². The molecule has 0 atom stereocenters. The van der Waals surface area contributed by atoms with Gasteiger partial charge < -0.3 is 15.0 Å². The van der Waals surface area contributed by atoms with Crippen LogP contribution in [0.2, 0.25) is 0 Å². The smallest absolute Gasteiger partial charge is 0.406 e. The Kier molecular flexibility index (Phi) is 8.56. The first-order valence-corrected chi connectivity index (χ1v) is 11.3. The van der Waals surface area contributed by atoms with Crippen molar-refractivity contribution in [2.24, 2.45) is 0 Å². The van der Waals surface area contributed by atoms with Crippen molar-refractivity contribution < 1.29 is 31.9 Å². The zero-order valence-corrected chi connectivity index (χ0v) is 18.4. The lowest BCUT2D eigenvalue weighted by atomic mass is 10.2. The summed E-state index contributed by atoms with van der Waals surface area (Å²) in [6, 6.07) is 11.6. The molecule has 0 unspecified atom stereocenters. The number of halogens is 4. The SMILES string of the molecule is O=C(CSCC(=O)N1CCN(Cc2ccc(OC(F)(F)F)cc2)CC1)Nc1ccccc1F. The number of ether oxygens (including phenoxy) is 1. The van der Waals surface area contributed by atoms with Gasteiger partial charge in [-0.25, -0.2) is 4.39 Å². The number of nitrogens with one attached hydrogen (secondary N) is 1. The van der Waals surface area contributed by atoms with Gasteiger partial charge in [-0.15, -0.1) is 24.9 Å². The molecule has 0 aromatic heterocycles. The molecule has 2 aromatic carbocycles. The fourth-order valence-electron chi connectivity index (χ4n) is 3.28. The number of nitrogens with zero attached hydrogens (tertiary/aromatic N) is 2. The summed E-state index contributed by atoms with van der Waals surface area (Å²) in [5.41, 5.74) is 0.953. The van der Waals surface area contributed by atoms with E-state index in [1.807, 2.05) is 0 Å². The molecule has 178 valence electrons. The van der Waals surface area contributed by atoms with Crippen molar-refractivity contribution in [1.29, 1.82) is 0 Å². The van der Waals surface area contributed by atoms with Gasteiger partial charge in [0.2, 0.25) is 11.8 Å². The van der Waals surface area contributed by atoms with E-state index in [1.165, 1.54) is 42.1 Å². The Morgan fingerprint density at radius 1 is 0.970 bits per heavy atom. The standard InChI is InChI=1S/C22H23F4N3O3S/c23-18-3-1-2-4-19(18)27-20(30)14-33-15-21(31)29-11-9-28(10-12-29)13-16-5-7-17(8-6-16)32-22(24,25)26/h1-8H,9-15H2,(H,27,30). The van der Waals surface area contributed by atoms with Gasteiger partial charge in [-0.1, -0.05) is 24.3 Å². The van der Waals surface area contributed by atoms with E-state index >= 15 is 0 Å². The van der Waals surface area contributed by atoms with Crippen LogP contribution in [0.1, 0.15) is 5.56 Å². The number of anilines is 1. The Balaban J connectivity index is 1.35. The topological polar surface area (TPSA) is 61.9 Å². The summed E-state index contributed by atoms with van der Waals surface area (Å²) in [5.74, 6) is -1.06. The minimum atomic E-state index is -4.72. The summed E-state index contributed by atoms with van der Waals surface area (Å²) in [7, 11) is 0. The number of piperazine rings is 1. The van der Waals surface area contributed by atoms with Gasteiger partial charge in [0.15, 0.2) is 0 Å². The Morgan fingerprint density at radius 3 is 2.27 bits per heavy atom. The van der Waals surface area contributed by atoms with E-state index in [4.69, 9.17) is 0 Å². The number of carbonyl (C=O) groups excluding carboxylic acids is 2. The van der Waals surface area contributed by atoms with Crippen LogP contribution in [0.15, 0.2) is 48.5 Å². The van der Waals surface area contributed by atoms with Crippen molar-refractivity contribution >= 4 is 29.3 Å². The maximum atomic E-state index is 13.6. The number of benzene rings is 2. The highest BCUT2D eigenvalue weighted by Gasteiger charge is 2.31. The predicted octanol–water partition coefficient (Wildman–Crippen LogP) is 3.74. The lowest BCUT2D eigenvalue weighted by Gasteiger charge is -2.34. The van der Waals surface area contributed by atoms with Crippen LogP contribution in [0.4, 0.5) is 23.2 Å². The van der Waals surface area contributed by atoms with Crippen molar-refractivity contribution in [1.82, 2.24) is 9.80 Å². The molecule has 1 saturated heterocycles. The van der Waals surface area contributed by atoms with Gasteiger partial charge in [0, 0.05) is 32.7 Å². The molecule has 2 aromatic rings. The van der Waals surface area contributed by atoms with Crippen LogP contribution in [0.25, 0.3) is 0 Å². The minimum Gasteiger partial charge on any atom is -0.406 e. The third-order valence-corrected chi connectivity index (χ3v) is 5.81. The predicted molar refractivity (Wildman–Crippen MR) is 117 cm³/mol. The van der Waals surface area contributed by atoms with E-state index in [2.05, 4.69) is 15.0 Å². The van der Waals surface area contributed by atoms with E-state index in [-0.39, 0.29) is 34.8 Å². The Hall–Kier alpha value is -2.79. The van der Waals surface area contributed by atoms with E-state index in [9.17, 15) is 27.2 Å².